The van der Waals surface area contributed by atoms with Gasteiger partial charge in [-0.1, -0.05) is 0 Å². The maximum atomic E-state index is 11.0. The number of rotatable bonds is 5. The Labute approximate surface area is 98.9 Å². The molecule has 0 aromatic carbocycles. The molecule has 16 heavy (non-hydrogen) atoms. The highest BCUT2D eigenvalue weighted by atomic mass is 32.2. The normalized spacial score (nSPS) is 10.2. The molecule has 0 fully saturated rings. The van der Waals surface area contributed by atoms with Gasteiger partial charge in [0.15, 0.2) is 5.82 Å². The summed E-state index contributed by atoms with van der Waals surface area (Å²) >= 11 is 1.29. The zero-order valence-electron chi connectivity index (χ0n) is 9.60. The van der Waals surface area contributed by atoms with Crippen molar-refractivity contribution in [3.63, 3.8) is 0 Å². The van der Waals surface area contributed by atoms with Gasteiger partial charge in [-0.05, 0) is 26.2 Å². The minimum Gasteiger partial charge on any atom is -0.478 e. The number of carbonyl (C=O) groups is 1. The van der Waals surface area contributed by atoms with E-state index in [0.717, 1.165) is 13.1 Å². The van der Waals surface area contributed by atoms with Crippen LogP contribution < -0.4 is 4.90 Å². The minimum absolute atomic E-state index is 0.212. The maximum absolute atomic E-state index is 11.0. The zero-order chi connectivity index (χ0) is 12.1. The third-order valence-corrected chi connectivity index (χ3v) is 2.95. The first-order chi connectivity index (χ1) is 7.63. The second-order valence-electron chi connectivity index (χ2n) is 3.10. The van der Waals surface area contributed by atoms with Crippen LogP contribution in [0.2, 0.25) is 0 Å². The molecule has 1 N–H and O–H groups in total. The van der Waals surface area contributed by atoms with E-state index in [-0.39, 0.29) is 5.56 Å². The Kier molecular flexibility index (Phi) is 4.54. The van der Waals surface area contributed by atoms with Crippen molar-refractivity contribution in [2.24, 2.45) is 0 Å². The summed E-state index contributed by atoms with van der Waals surface area (Å²) in [5.41, 5.74) is 0.212. The molecule has 1 aromatic heterocycles. The van der Waals surface area contributed by atoms with Gasteiger partial charge >= 0.3 is 5.97 Å². The molecule has 88 valence electrons. The topological polar surface area (TPSA) is 66.3 Å². The Balaban J connectivity index is 3.15. The summed E-state index contributed by atoms with van der Waals surface area (Å²) in [6.45, 7) is 5.55. The average molecular weight is 241 g/mol. The van der Waals surface area contributed by atoms with Gasteiger partial charge in [-0.3, -0.25) is 0 Å². The molecule has 1 aromatic rings. The summed E-state index contributed by atoms with van der Waals surface area (Å²) in [6, 6.07) is 1.58. The summed E-state index contributed by atoms with van der Waals surface area (Å²) in [7, 11) is 0. The molecule has 0 atom stereocenters. The Bertz CT molecular complexity index is 380. The van der Waals surface area contributed by atoms with Gasteiger partial charge in [0, 0.05) is 13.1 Å². The van der Waals surface area contributed by atoms with E-state index in [9.17, 15) is 4.79 Å². The molecule has 0 aliphatic heterocycles. The van der Waals surface area contributed by atoms with Gasteiger partial charge in [0.1, 0.15) is 5.03 Å². The van der Waals surface area contributed by atoms with Gasteiger partial charge in [-0.2, -0.15) is 0 Å². The monoisotopic (exact) mass is 241 g/mol. The lowest BCUT2D eigenvalue weighted by molar-refractivity contribution is 0.0692. The molecule has 0 bridgehead atoms. The average Bonchev–Trinajstić information content (AvgIpc) is 2.30. The second kappa shape index (κ2) is 5.69. The molecule has 0 amide bonds. The Morgan fingerprint density at radius 2 is 2.06 bits per heavy atom. The van der Waals surface area contributed by atoms with Crippen molar-refractivity contribution in [2.45, 2.75) is 18.9 Å². The van der Waals surface area contributed by atoms with E-state index in [0.29, 0.717) is 10.8 Å². The molecule has 0 saturated carbocycles. The first-order valence-electron chi connectivity index (χ1n) is 5.03. The molecule has 0 aliphatic rings. The van der Waals surface area contributed by atoms with Gasteiger partial charge in [0.25, 0.3) is 0 Å². The predicted octanol–water partition coefficient (Wildman–Crippen LogP) is 1.74. The van der Waals surface area contributed by atoms with Crippen LogP contribution in [-0.4, -0.2) is 40.6 Å². The van der Waals surface area contributed by atoms with Crippen molar-refractivity contribution < 1.29 is 9.90 Å². The van der Waals surface area contributed by atoms with E-state index in [2.05, 4.69) is 10.2 Å². The molecule has 0 saturated heterocycles. The van der Waals surface area contributed by atoms with Crippen molar-refractivity contribution in [1.82, 2.24) is 10.2 Å². The second-order valence-corrected chi connectivity index (χ2v) is 3.90. The number of thioether (sulfide) groups is 1. The molecular formula is C10H15N3O2S. The summed E-state index contributed by atoms with van der Waals surface area (Å²) in [4.78, 5) is 13.0. The SMILES string of the molecule is CCN(CC)c1cc(C(=O)O)c(SC)nn1. The molecule has 0 spiro atoms. The fourth-order valence-electron chi connectivity index (χ4n) is 1.38. The summed E-state index contributed by atoms with van der Waals surface area (Å²) in [6.07, 6.45) is 1.79. The van der Waals surface area contributed by atoms with Crippen molar-refractivity contribution in [1.29, 1.82) is 0 Å². The van der Waals surface area contributed by atoms with Gasteiger partial charge in [-0.15, -0.1) is 22.0 Å². The number of anilines is 1. The third kappa shape index (κ3) is 2.63. The van der Waals surface area contributed by atoms with Crippen molar-refractivity contribution in [2.75, 3.05) is 24.2 Å². The van der Waals surface area contributed by atoms with Crippen LogP contribution in [0.4, 0.5) is 5.82 Å². The van der Waals surface area contributed by atoms with Crippen LogP contribution in [0, 0.1) is 0 Å². The van der Waals surface area contributed by atoms with Gasteiger partial charge < -0.3 is 10.0 Å². The summed E-state index contributed by atoms with van der Waals surface area (Å²) in [5, 5.41) is 17.4. The van der Waals surface area contributed by atoms with Crippen LogP contribution in [0.3, 0.4) is 0 Å². The number of carboxylic acids is 1. The number of nitrogens with zero attached hydrogens (tertiary/aromatic N) is 3. The van der Waals surface area contributed by atoms with Crippen LogP contribution in [0.1, 0.15) is 24.2 Å². The molecule has 1 heterocycles. The zero-order valence-corrected chi connectivity index (χ0v) is 10.4. The number of carboxylic acid groups (broad SMARTS) is 1. The van der Waals surface area contributed by atoms with Gasteiger partial charge in [0.05, 0.1) is 5.56 Å². The van der Waals surface area contributed by atoms with Crippen LogP contribution in [0.15, 0.2) is 11.1 Å². The predicted molar refractivity (Wildman–Crippen MR) is 64.3 cm³/mol. The largest absolute Gasteiger partial charge is 0.478 e. The molecule has 1 rings (SSSR count). The van der Waals surface area contributed by atoms with Crippen LogP contribution >= 0.6 is 11.8 Å². The number of aromatic carboxylic acids is 1. The molecule has 5 nitrogen and oxygen atoms in total. The van der Waals surface area contributed by atoms with Crippen molar-refractivity contribution in [3.8, 4) is 0 Å². The van der Waals surface area contributed by atoms with E-state index >= 15 is 0 Å². The number of hydrogen-bond donors (Lipinski definition) is 1. The van der Waals surface area contributed by atoms with Crippen molar-refractivity contribution >= 4 is 23.5 Å². The first kappa shape index (κ1) is 12.8. The lowest BCUT2D eigenvalue weighted by Gasteiger charge is -2.19. The maximum Gasteiger partial charge on any atom is 0.338 e. The highest BCUT2D eigenvalue weighted by Gasteiger charge is 2.15. The fraction of sp³-hybridized carbons (Fsp3) is 0.500. The van der Waals surface area contributed by atoms with E-state index < -0.39 is 5.97 Å². The molecule has 6 heteroatoms. The van der Waals surface area contributed by atoms with E-state index in [4.69, 9.17) is 5.11 Å². The summed E-state index contributed by atoms with van der Waals surface area (Å²) in [5.74, 6) is -0.354. The lowest BCUT2D eigenvalue weighted by Crippen LogP contribution is -2.24. The number of hydrogen-bond acceptors (Lipinski definition) is 5. The van der Waals surface area contributed by atoms with Gasteiger partial charge in [0.2, 0.25) is 0 Å². The first-order valence-corrected chi connectivity index (χ1v) is 6.26. The molecule has 0 unspecified atom stereocenters. The molecule has 0 radical (unpaired) electrons. The van der Waals surface area contributed by atoms with E-state index in [1.54, 1.807) is 12.3 Å². The Morgan fingerprint density at radius 3 is 2.50 bits per heavy atom. The van der Waals surface area contributed by atoms with Crippen LogP contribution in [0.25, 0.3) is 0 Å². The van der Waals surface area contributed by atoms with Gasteiger partial charge in [-0.25, -0.2) is 4.79 Å². The van der Waals surface area contributed by atoms with E-state index in [1.807, 2.05) is 18.7 Å². The molecule has 0 aliphatic carbocycles. The smallest absolute Gasteiger partial charge is 0.338 e. The Morgan fingerprint density at radius 1 is 1.44 bits per heavy atom. The highest BCUT2D eigenvalue weighted by molar-refractivity contribution is 7.98. The highest BCUT2D eigenvalue weighted by Crippen LogP contribution is 2.20. The van der Waals surface area contributed by atoms with Crippen LogP contribution in [0.5, 0.6) is 0 Å². The Hall–Kier alpha value is -1.30. The third-order valence-electron chi connectivity index (χ3n) is 2.26. The number of aromatic nitrogens is 2. The standard InChI is InChI=1S/C10H15N3O2S/c1-4-13(5-2)8-6-7(10(14)15)9(16-3)12-11-8/h6H,4-5H2,1-3H3,(H,14,15). The minimum atomic E-state index is -0.965. The fourth-order valence-corrected chi connectivity index (χ4v) is 1.86. The summed E-state index contributed by atoms with van der Waals surface area (Å²) < 4.78 is 0. The quantitative estimate of drug-likeness (QED) is 0.792. The lowest BCUT2D eigenvalue weighted by atomic mass is 10.3. The molecular weight excluding hydrogens is 226 g/mol. The van der Waals surface area contributed by atoms with Crippen LogP contribution in [-0.2, 0) is 0 Å². The van der Waals surface area contributed by atoms with E-state index in [1.165, 1.54) is 11.8 Å². The van der Waals surface area contributed by atoms with Crippen molar-refractivity contribution in [3.05, 3.63) is 11.6 Å².